The van der Waals surface area contributed by atoms with E-state index in [4.69, 9.17) is 0 Å². The summed E-state index contributed by atoms with van der Waals surface area (Å²) in [6.45, 7) is 8.53. The summed E-state index contributed by atoms with van der Waals surface area (Å²) in [6, 6.07) is 7.14. The van der Waals surface area contributed by atoms with Gasteiger partial charge in [-0.3, -0.25) is 0 Å². The summed E-state index contributed by atoms with van der Waals surface area (Å²) in [5.41, 5.74) is 5.45. The van der Waals surface area contributed by atoms with Gasteiger partial charge in [-0.15, -0.1) is 6.58 Å². The first-order chi connectivity index (χ1) is 8.59. The predicted molar refractivity (Wildman–Crippen MR) is 77.9 cm³/mol. The van der Waals surface area contributed by atoms with Gasteiger partial charge in [-0.2, -0.15) is 0 Å². The van der Waals surface area contributed by atoms with Crippen molar-refractivity contribution in [2.24, 2.45) is 5.41 Å². The molecule has 0 aliphatic heterocycles. The van der Waals surface area contributed by atoms with Gasteiger partial charge in [0.05, 0.1) is 0 Å². The predicted octanol–water partition coefficient (Wildman–Crippen LogP) is 5.08. The molecule has 1 aromatic carbocycles. The zero-order valence-electron chi connectivity index (χ0n) is 11.8. The van der Waals surface area contributed by atoms with E-state index < -0.39 is 0 Å². The molecule has 0 heteroatoms. The fraction of sp³-hybridized carbons (Fsp3) is 0.556. The maximum atomic E-state index is 4.07. The number of fused-ring (bicyclic) bond motifs is 3. The van der Waals surface area contributed by atoms with Crippen LogP contribution in [0.15, 0.2) is 30.9 Å². The SMILES string of the molecule is C=CC12CCC(c3ccc(C)c(C)c3)(CC1)CC2. The average Bonchev–Trinajstić information content (AvgIpc) is 2.44. The van der Waals surface area contributed by atoms with Gasteiger partial charge in [0.15, 0.2) is 0 Å². The highest BCUT2D eigenvalue weighted by molar-refractivity contribution is 5.36. The highest BCUT2D eigenvalue weighted by atomic mass is 14.5. The summed E-state index contributed by atoms with van der Waals surface area (Å²) in [5.74, 6) is 0. The molecule has 0 amide bonds. The normalized spacial score (nSPS) is 34.6. The van der Waals surface area contributed by atoms with Crippen LogP contribution in [-0.2, 0) is 5.41 Å². The molecule has 0 N–H and O–H groups in total. The van der Waals surface area contributed by atoms with Crippen LogP contribution >= 0.6 is 0 Å². The second kappa shape index (κ2) is 3.98. The molecular weight excluding hydrogens is 216 g/mol. The minimum absolute atomic E-state index is 0.488. The van der Waals surface area contributed by atoms with Gasteiger partial charge >= 0.3 is 0 Å². The summed E-state index contributed by atoms with van der Waals surface area (Å²) in [4.78, 5) is 0. The third-order valence-electron chi connectivity index (χ3n) is 5.86. The summed E-state index contributed by atoms with van der Waals surface area (Å²) < 4.78 is 0. The topological polar surface area (TPSA) is 0 Å². The molecule has 0 radical (unpaired) electrons. The summed E-state index contributed by atoms with van der Waals surface area (Å²) in [6.07, 6.45) is 10.4. The van der Waals surface area contributed by atoms with Crippen LogP contribution in [0.3, 0.4) is 0 Å². The van der Waals surface area contributed by atoms with Crippen molar-refractivity contribution < 1.29 is 0 Å². The van der Waals surface area contributed by atoms with Crippen LogP contribution < -0.4 is 0 Å². The molecule has 0 aromatic heterocycles. The van der Waals surface area contributed by atoms with Crippen LogP contribution in [0.1, 0.15) is 55.2 Å². The Balaban J connectivity index is 1.93. The fourth-order valence-electron chi connectivity index (χ4n) is 4.03. The molecule has 0 atom stereocenters. The van der Waals surface area contributed by atoms with Crippen LogP contribution in [0.4, 0.5) is 0 Å². The maximum Gasteiger partial charge on any atom is -0.00459 e. The van der Waals surface area contributed by atoms with Crippen LogP contribution in [-0.4, -0.2) is 0 Å². The summed E-state index contributed by atoms with van der Waals surface area (Å²) in [5, 5.41) is 0. The largest absolute Gasteiger partial charge is 0.103 e. The van der Waals surface area contributed by atoms with E-state index in [1.807, 2.05) is 0 Å². The molecule has 0 saturated heterocycles. The lowest BCUT2D eigenvalue weighted by molar-refractivity contribution is 0.0793. The number of aryl methyl sites for hydroxylation is 2. The average molecular weight is 240 g/mol. The second-order valence-corrected chi connectivity index (χ2v) is 6.65. The first-order valence-electron chi connectivity index (χ1n) is 7.31. The number of benzene rings is 1. The molecule has 2 bridgehead atoms. The molecule has 0 unspecified atom stereocenters. The van der Waals surface area contributed by atoms with E-state index in [1.165, 1.54) is 49.7 Å². The van der Waals surface area contributed by atoms with E-state index >= 15 is 0 Å². The Hall–Kier alpha value is -1.04. The van der Waals surface area contributed by atoms with Gasteiger partial charge < -0.3 is 0 Å². The molecule has 1 aromatic rings. The van der Waals surface area contributed by atoms with Crippen LogP contribution in [0.25, 0.3) is 0 Å². The number of allylic oxidation sites excluding steroid dienone is 1. The van der Waals surface area contributed by atoms with Gasteiger partial charge in [0.2, 0.25) is 0 Å². The molecule has 0 spiro atoms. The molecule has 0 heterocycles. The number of rotatable bonds is 2. The molecule has 3 fully saturated rings. The number of hydrogen-bond acceptors (Lipinski definition) is 0. The van der Waals surface area contributed by atoms with Gasteiger partial charge in [0, 0.05) is 0 Å². The first kappa shape index (κ1) is 12.0. The number of hydrogen-bond donors (Lipinski definition) is 0. The van der Waals surface area contributed by atoms with Crippen molar-refractivity contribution in [3.8, 4) is 0 Å². The van der Waals surface area contributed by atoms with Crippen LogP contribution in [0.5, 0.6) is 0 Å². The first-order valence-corrected chi connectivity index (χ1v) is 7.31. The summed E-state index contributed by atoms with van der Waals surface area (Å²) in [7, 11) is 0. The smallest absolute Gasteiger partial charge is 0.00459 e. The minimum Gasteiger partial charge on any atom is -0.103 e. The van der Waals surface area contributed by atoms with E-state index in [1.54, 1.807) is 5.56 Å². The van der Waals surface area contributed by atoms with E-state index in [9.17, 15) is 0 Å². The quantitative estimate of drug-likeness (QED) is 0.632. The van der Waals surface area contributed by atoms with Gasteiger partial charge in [-0.05, 0) is 79.9 Å². The van der Waals surface area contributed by atoms with E-state index in [-0.39, 0.29) is 0 Å². The van der Waals surface area contributed by atoms with Gasteiger partial charge in [0.25, 0.3) is 0 Å². The van der Waals surface area contributed by atoms with Crippen molar-refractivity contribution in [3.05, 3.63) is 47.5 Å². The lowest BCUT2D eigenvalue weighted by atomic mass is 9.52. The second-order valence-electron chi connectivity index (χ2n) is 6.65. The molecule has 3 saturated carbocycles. The van der Waals surface area contributed by atoms with Crippen molar-refractivity contribution in [1.29, 1.82) is 0 Å². The molecule has 0 nitrogen and oxygen atoms in total. The highest BCUT2D eigenvalue weighted by Crippen LogP contribution is 2.58. The summed E-state index contributed by atoms with van der Waals surface area (Å²) >= 11 is 0. The lowest BCUT2D eigenvalue weighted by Crippen LogP contribution is -2.43. The van der Waals surface area contributed by atoms with Crippen molar-refractivity contribution >= 4 is 0 Å². The minimum atomic E-state index is 0.488. The molecule has 3 aliphatic carbocycles. The highest BCUT2D eigenvalue weighted by Gasteiger charge is 2.47. The Labute approximate surface area is 111 Å². The lowest BCUT2D eigenvalue weighted by Gasteiger charge is -2.53. The molecule has 96 valence electrons. The Kier molecular flexibility index (Phi) is 2.66. The molecule has 4 rings (SSSR count). The van der Waals surface area contributed by atoms with Crippen LogP contribution in [0, 0.1) is 19.3 Å². The van der Waals surface area contributed by atoms with Crippen molar-refractivity contribution in [2.45, 2.75) is 57.8 Å². The Bertz CT molecular complexity index is 456. The Morgan fingerprint density at radius 3 is 2.06 bits per heavy atom. The van der Waals surface area contributed by atoms with Crippen LogP contribution in [0.2, 0.25) is 0 Å². The van der Waals surface area contributed by atoms with Gasteiger partial charge in [-0.25, -0.2) is 0 Å². The Morgan fingerprint density at radius 1 is 0.944 bits per heavy atom. The van der Waals surface area contributed by atoms with E-state index in [0.29, 0.717) is 10.8 Å². The monoisotopic (exact) mass is 240 g/mol. The van der Waals surface area contributed by atoms with Crippen molar-refractivity contribution in [3.63, 3.8) is 0 Å². The van der Waals surface area contributed by atoms with E-state index in [2.05, 4.69) is 44.7 Å². The van der Waals surface area contributed by atoms with E-state index in [0.717, 1.165) is 0 Å². The molecule has 3 aliphatic rings. The fourth-order valence-corrected chi connectivity index (χ4v) is 4.03. The zero-order chi connectivity index (χ0) is 12.8. The van der Waals surface area contributed by atoms with Crippen molar-refractivity contribution in [1.82, 2.24) is 0 Å². The zero-order valence-corrected chi connectivity index (χ0v) is 11.8. The molecule has 18 heavy (non-hydrogen) atoms. The molecular formula is C18H24. The Morgan fingerprint density at radius 2 is 1.56 bits per heavy atom. The maximum absolute atomic E-state index is 4.07. The van der Waals surface area contributed by atoms with Gasteiger partial charge in [0.1, 0.15) is 0 Å². The van der Waals surface area contributed by atoms with Gasteiger partial charge in [-0.1, -0.05) is 24.3 Å². The third-order valence-corrected chi connectivity index (χ3v) is 5.86. The standard InChI is InChI=1S/C18H24/c1-4-17-7-10-18(11-8-17,12-9-17)16-6-5-14(2)15(3)13-16/h4-6,13H,1,7-12H2,2-3H3. The third kappa shape index (κ3) is 1.66. The van der Waals surface area contributed by atoms with Crippen molar-refractivity contribution in [2.75, 3.05) is 0 Å².